The Morgan fingerprint density at radius 3 is 2.72 bits per heavy atom. The minimum Gasteiger partial charge on any atom is -0.319 e. The van der Waals surface area contributed by atoms with Crippen molar-refractivity contribution in [1.29, 1.82) is 0 Å². The predicted molar refractivity (Wildman–Crippen MR) is 74.6 cm³/mol. The molecule has 1 aromatic carbocycles. The second kappa shape index (κ2) is 4.48. The minimum atomic E-state index is -0.202. The zero-order valence-corrected chi connectivity index (χ0v) is 10.8. The van der Waals surface area contributed by atoms with E-state index in [0.29, 0.717) is 0 Å². The Morgan fingerprint density at radius 2 is 2.00 bits per heavy atom. The maximum atomic E-state index is 6.22. The first kappa shape index (κ1) is 11.3. The summed E-state index contributed by atoms with van der Waals surface area (Å²) in [6.07, 6.45) is 1.76. The molecule has 0 radical (unpaired) electrons. The highest BCUT2D eigenvalue weighted by molar-refractivity contribution is 7.10. The Bertz CT molecular complexity index is 690. The van der Waals surface area contributed by atoms with Crippen molar-refractivity contribution < 1.29 is 0 Å². The van der Waals surface area contributed by atoms with E-state index in [4.69, 9.17) is 5.73 Å². The van der Waals surface area contributed by atoms with Gasteiger partial charge in [-0.2, -0.15) is 0 Å². The van der Waals surface area contributed by atoms with Gasteiger partial charge in [0.25, 0.3) is 0 Å². The second-order valence-electron chi connectivity index (χ2n) is 4.25. The molecule has 0 aliphatic carbocycles. The SMILES string of the molecule is Cc1cc(C(N)c2cnc3ccccc3n2)cs1. The Hall–Kier alpha value is -1.78. The summed E-state index contributed by atoms with van der Waals surface area (Å²) < 4.78 is 0. The van der Waals surface area contributed by atoms with Crippen LogP contribution < -0.4 is 5.73 Å². The van der Waals surface area contributed by atoms with E-state index in [1.165, 1.54) is 4.88 Å². The van der Waals surface area contributed by atoms with Gasteiger partial charge in [-0.05, 0) is 36.1 Å². The first-order valence-corrected chi connectivity index (χ1v) is 6.64. The van der Waals surface area contributed by atoms with Gasteiger partial charge < -0.3 is 5.73 Å². The molecule has 2 heterocycles. The number of aryl methyl sites for hydroxylation is 1. The molecule has 0 saturated heterocycles. The van der Waals surface area contributed by atoms with E-state index >= 15 is 0 Å². The molecule has 4 heteroatoms. The van der Waals surface area contributed by atoms with Crippen LogP contribution in [-0.4, -0.2) is 9.97 Å². The van der Waals surface area contributed by atoms with Gasteiger partial charge in [0.05, 0.1) is 29.0 Å². The maximum Gasteiger partial charge on any atom is 0.0890 e. The normalized spacial score (nSPS) is 12.8. The monoisotopic (exact) mass is 255 g/mol. The van der Waals surface area contributed by atoms with Crippen LogP contribution in [-0.2, 0) is 0 Å². The third-order valence-electron chi connectivity index (χ3n) is 2.90. The number of aromatic nitrogens is 2. The molecule has 0 aliphatic heterocycles. The first-order chi connectivity index (χ1) is 8.74. The Labute approximate surface area is 109 Å². The highest BCUT2D eigenvalue weighted by Gasteiger charge is 2.12. The van der Waals surface area contributed by atoms with Crippen LogP contribution in [0.3, 0.4) is 0 Å². The summed E-state index contributed by atoms with van der Waals surface area (Å²) in [6, 6.07) is 9.72. The topological polar surface area (TPSA) is 51.8 Å². The van der Waals surface area contributed by atoms with Gasteiger partial charge in [-0.25, -0.2) is 4.98 Å². The second-order valence-corrected chi connectivity index (χ2v) is 5.37. The lowest BCUT2D eigenvalue weighted by Gasteiger charge is -2.09. The zero-order valence-electron chi connectivity index (χ0n) is 10.00. The maximum absolute atomic E-state index is 6.22. The first-order valence-electron chi connectivity index (χ1n) is 5.76. The van der Waals surface area contributed by atoms with Crippen LogP contribution in [0, 0.1) is 6.92 Å². The van der Waals surface area contributed by atoms with Crippen LogP contribution in [0.5, 0.6) is 0 Å². The quantitative estimate of drug-likeness (QED) is 0.765. The minimum absolute atomic E-state index is 0.202. The molecule has 0 aliphatic rings. The van der Waals surface area contributed by atoms with Gasteiger partial charge in [0.1, 0.15) is 0 Å². The number of thiophene rings is 1. The van der Waals surface area contributed by atoms with E-state index in [-0.39, 0.29) is 6.04 Å². The fourth-order valence-corrected chi connectivity index (χ4v) is 2.66. The van der Waals surface area contributed by atoms with E-state index in [2.05, 4.69) is 28.3 Å². The van der Waals surface area contributed by atoms with Gasteiger partial charge in [-0.15, -0.1) is 11.3 Å². The van der Waals surface area contributed by atoms with Crippen molar-refractivity contribution in [3.63, 3.8) is 0 Å². The molecule has 3 aromatic rings. The summed E-state index contributed by atoms with van der Waals surface area (Å²) in [7, 11) is 0. The number of para-hydroxylation sites is 2. The third-order valence-corrected chi connectivity index (χ3v) is 3.78. The smallest absolute Gasteiger partial charge is 0.0890 e. The number of rotatable bonds is 2. The van der Waals surface area contributed by atoms with Crippen LogP contribution in [0.25, 0.3) is 11.0 Å². The Morgan fingerprint density at radius 1 is 1.22 bits per heavy atom. The molecule has 18 heavy (non-hydrogen) atoms. The van der Waals surface area contributed by atoms with Crippen molar-refractivity contribution in [2.75, 3.05) is 0 Å². The van der Waals surface area contributed by atoms with Crippen LogP contribution in [0.4, 0.5) is 0 Å². The lowest BCUT2D eigenvalue weighted by Crippen LogP contribution is -2.13. The lowest BCUT2D eigenvalue weighted by molar-refractivity contribution is 0.831. The van der Waals surface area contributed by atoms with Crippen molar-refractivity contribution >= 4 is 22.4 Å². The highest BCUT2D eigenvalue weighted by atomic mass is 32.1. The molecule has 1 unspecified atom stereocenters. The third kappa shape index (κ3) is 2.00. The number of hydrogen-bond donors (Lipinski definition) is 1. The molecule has 90 valence electrons. The van der Waals surface area contributed by atoms with Gasteiger partial charge in [-0.1, -0.05) is 12.1 Å². The molecule has 2 aromatic heterocycles. The van der Waals surface area contributed by atoms with E-state index in [0.717, 1.165) is 22.3 Å². The lowest BCUT2D eigenvalue weighted by atomic mass is 10.1. The zero-order chi connectivity index (χ0) is 12.5. The molecule has 0 saturated carbocycles. The predicted octanol–water partition coefficient (Wildman–Crippen LogP) is 3.05. The number of nitrogens with zero attached hydrogens (tertiary/aromatic N) is 2. The van der Waals surface area contributed by atoms with E-state index in [1.807, 2.05) is 24.3 Å². The number of nitrogens with two attached hydrogens (primary N) is 1. The van der Waals surface area contributed by atoms with Crippen molar-refractivity contribution in [3.8, 4) is 0 Å². The Balaban J connectivity index is 2.03. The standard InChI is InChI=1S/C14H13N3S/c1-9-6-10(8-18-9)14(15)13-7-16-11-4-2-3-5-12(11)17-13/h2-8,14H,15H2,1H3. The average Bonchev–Trinajstić information content (AvgIpc) is 2.84. The summed E-state index contributed by atoms with van der Waals surface area (Å²) in [6.45, 7) is 2.08. The van der Waals surface area contributed by atoms with Gasteiger partial charge in [-0.3, -0.25) is 4.98 Å². The summed E-state index contributed by atoms with van der Waals surface area (Å²) in [5.74, 6) is 0. The largest absolute Gasteiger partial charge is 0.319 e. The molecule has 0 fully saturated rings. The van der Waals surface area contributed by atoms with Gasteiger partial charge in [0.2, 0.25) is 0 Å². The molecule has 0 amide bonds. The number of benzene rings is 1. The van der Waals surface area contributed by atoms with E-state index < -0.39 is 0 Å². The van der Waals surface area contributed by atoms with Crippen LogP contribution >= 0.6 is 11.3 Å². The Kier molecular flexibility index (Phi) is 2.81. The van der Waals surface area contributed by atoms with Crippen molar-refractivity contribution in [1.82, 2.24) is 9.97 Å². The summed E-state index contributed by atoms with van der Waals surface area (Å²) in [4.78, 5) is 10.2. The van der Waals surface area contributed by atoms with Gasteiger partial charge in [0, 0.05) is 4.88 Å². The molecule has 3 nitrogen and oxygen atoms in total. The summed E-state index contributed by atoms with van der Waals surface area (Å²) in [5.41, 5.74) is 9.92. The van der Waals surface area contributed by atoms with Crippen molar-refractivity contribution in [3.05, 3.63) is 58.0 Å². The fraction of sp³-hybridized carbons (Fsp3) is 0.143. The van der Waals surface area contributed by atoms with E-state index in [9.17, 15) is 0 Å². The molecule has 0 bridgehead atoms. The molecule has 3 rings (SSSR count). The molecular formula is C14H13N3S. The summed E-state index contributed by atoms with van der Waals surface area (Å²) >= 11 is 1.70. The molecule has 1 atom stereocenters. The fourth-order valence-electron chi connectivity index (χ4n) is 1.92. The molecular weight excluding hydrogens is 242 g/mol. The van der Waals surface area contributed by atoms with Crippen molar-refractivity contribution in [2.45, 2.75) is 13.0 Å². The van der Waals surface area contributed by atoms with Crippen LogP contribution in [0.15, 0.2) is 41.9 Å². The average molecular weight is 255 g/mol. The van der Waals surface area contributed by atoms with Gasteiger partial charge in [0.15, 0.2) is 0 Å². The van der Waals surface area contributed by atoms with Crippen LogP contribution in [0.1, 0.15) is 22.2 Å². The molecule has 0 spiro atoms. The van der Waals surface area contributed by atoms with Gasteiger partial charge >= 0.3 is 0 Å². The molecule has 2 N–H and O–H groups in total. The number of hydrogen-bond acceptors (Lipinski definition) is 4. The summed E-state index contributed by atoms with van der Waals surface area (Å²) in [5, 5.41) is 2.08. The highest BCUT2D eigenvalue weighted by Crippen LogP contribution is 2.23. The van der Waals surface area contributed by atoms with Crippen LogP contribution in [0.2, 0.25) is 0 Å². The van der Waals surface area contributed by atoms with E-state index in [1.54, 1.807) is 17.5 Å². The van der Waals surface area contributed by atoms with Crippen molar-refractivity contribution in [2.24, 2.45) is 5.73 Å². The number of fused-ring (bicyclic) bond motifs is 1.